The number of fused-ring (bicyclic) bond motifs is 1. The minimum Gasteiger partial charge on any atom is -0.611 e. The zero-order valence-electron chi connectivity index (χ0n) is 19.7. The van der Waals surface area contributed by atoms with E-state index in [9.17, 15) is 14.6 Å². The molecule has 1 amide bonds. The third-order valence-electron chi connectivity index (χ3n) is 7.36. The quantitative estimate of drug-likeness (QED) is 0.673. The lowest BCUT2D eigenvalue weighted by Crippen LogP contribution is -2.44. The SMILES string of the molecule is Cc1ccc(C2(C#N)CCN(c3nc4c(c(N[C@H]5CCC(=O)N(C)C5)n3)[S+]([O-])CC4)CC2)cc1. The van der Waals surface area contributed by atoms with E-state index in [0.29, 0.717) is 67.7 Å². The summed E-state index contributed by atoms with van der Waals surface area (Å²) >= 11 is -1.11. The monoisotopic (exact) mass is 478 g/mol. The predicted octanol–water partition coefficient (Wildman–Crippen LogP) is 2.54. The Morgan fingerprint density at radius 1 is 1.21 bits per heavy atom. The van der Waals surface area contributed by atoms with Gasteiger partial charge in [-0.2, -0.15) is 10.2 Å². The summed E-state index contributed by atoms with van der Waals surface area (Å²) in [6.07, 6.45) is 3.32. The lowest BCUT2D eigenvalue weighted by atomic mass is 9.74. The number of nitriles is 1. The van der Waals surface area contributed by atoms with E-state index in [1.165, 1.54) is 5.56 Å². The van der Waals surface area contributed by atoms with Crippen LogP contribution in [0.25, 0.3) is 0 Å². The number of aryl methyl sites for hydroxylation is 2. The number of likely N-dealkylation sites (tertiary alicyclic amines) is 1. The maximum atomic E-state index is 12.7. The Morgan fingerprint density at radius 2 is 1.94 bits per heavy atom. The summed E-state index contributed by atoms with van der Waals surface area (Å²) in [7, 11) is 1.81. The lowest BCUT2D eigenvalue weighted by Gasteiger charge is -2.38. The van der Waals surface area contributed by atoms with E-state index in [1.807, 2.05) is 7.05 Å². The van der Waals surface area contributed by atoms with Crippen molar-refractivity contribution >= 4 is 28.8 Å². The van der Waals surface area contributed by atoms with Crippen molar-refractivity contribution in [1.82, 2.24) is 14.9 Å². The molecule has 3 aliphatic rings. The molecule has 1 aromatic carbocycles. The van der Waals surface area contributed by atoms with Crippen LogP contribution in [0.15, 0.2) is 29.2 Å². The number of nitrogens with one attached hydrogen (secondary N) is 1. The highest BCUT2D eigenvalue weighted by molar-refractivity contribution is 7.91. The molecule has 2 aromatic rings. The number of carbonyl (C=O) groups excluding carboxylic acids is 1. The second-order valence-corrected chi connectivity index (χ2v) is 11.2. The van der Waals surface area contributed by atoms with Crippen LogP contribution < -0.4 is 10.2 Å². The van der Waals surface area contributed by atoms with Crippen LogP contribution in [0.5, 0.6) is 0 Å². The molecule has 2 atom stereocenters. The maximum Gasteiger partial charge on any atom is 0.227 e. The van der Waals surface area contributed by atoms with E-state index in [1.54, 1.807) is 4.90 Å². The van der Waals surface area contributed by atoms with Crippen LogP contribution in [0.1, 0.15) is 42.5 Å². The van der Waals surface area contributed by atoms with E-state index in [2.05, 4.69) is 47.5 Å². The van der Waals surface area contributed by atoms with Gasteiger partial charge in [0.25, 0.3) is 0 Å². The van der Waals surface area contributed by atoms with Crippen molar-refractivity contribution in [3.8, 4) is 6.07 Å². The predicted molar refractivity (Wildman–Crippen MR) is 131 cm³/mol. The van der Waals surface area contributed by atoms with Crippen molar-refractivity contribution < 1.29 is 9.35 Å². The summed E-state index contributed by atoms with van der Waals surface area (Å²) in [5, 5.41) is 13.6. The largest absolute Gasteiger partial charge is 0.611 e. The molecule has 5 rings (SSSR count). The topological polar surface area (TPSA) is 108 Å². The standard InChI is InChI=1S/C25H30N6O2S/c1-17-3-5-18(6-4-17)25(16-26)10-12-31(13-11-25)24-28-20-9-14-34(33)22(20)23(29-24)27-19-7-8-21(32)30(2)15-19/h3-6,19H,7-15H2,1-2H3,(H,27,28,29)/t19-,34?/m0/s1. The number of piperidine rings is 2. The van der Waals surface area contributed by atoms with E-state index in [0.717, 1.165) is 17.7 Å². The highest BCUT2D eigenvalue weighted by atomic mass is 32.2. The third kappa shape index (κ3) is 4.21. The van der Waals surface area contributed by atoms with E-state index < -0.39 is 16.6 Å². The number of likely N-dealkylation sites (N-methyl/N-ethyl adjacent to an activating group) is 1. The van der Waals surface area contributed by atoms with Gasteiger partial charge in [0.1, 0.15) is 11.4 Å². The Morgan fingerprint density at radius 3 is 2.62 bits per heavy atom. The van der Waals surface area contributed by atoms with E-state index in [4.69, 9.17) is 9.97 Å². The molecule has 1 aromatic heterocycles. The van der Waals surface area contributed by atoms with Gasteiger partial charge in [-0.05, 0) is 42.9 Å². The van der Waals surface area contributed by atoms with Crippen LogP contribution in [0.4, 0.5) is 11.8 Å². The highest BCUT2D eigenvalue weighted by Crippen LogP contribution is 2.38. The van der Waals surface area contributed by atoms with Crippen LogP contribution in [0.3, 0.4) is 0 Å². The maximum absolute atomic E-state index is 12.7. The van der Waals surface area contributed by atoms with Gasteiger partial charge in [-0.15, -0.1) is 0 Å². The Labute approximate surface area is 203 Å². The number of carbonyl (C=O) groups is 1. The first kappa shape index (κ1) is 22.9. The molecular formula is C25H30N6O2S. The number of anilines is 2. The van der Waals surface area contributed by atoms with Gasteiger partial charge >= 0.3 is 0 Å². The van der Waals surface area contributed by atoms with E-state index in [-0.39, 0.29) is 11.9 Å². The number of hydrogen-bond acceptors (Lipinski definition) is 7. The summed E-state index contributed by atoms with van der Waals surface area (Å²) in [4.78, 5) is 26.1. The van der Waals surface area contributed by atoms with Crippen LogP contribution >= 0.6 is 0 Å². The normalized spacial score (nSPS) is 24.0. The molecule has 2 fully saturated rings. The third-order valence-corrected chi connectivity index (χ3v) is 8.82. The van der Waals surface area contributed by atoms with Gasteiger partial charge in [0.2, 0.25) is 16.8 Å². The zero-order chi connectivity index (χ0) is 23.9. The molecule has 1 N–H and O–H groups in total. The van der Waals surface area contributed by atoms with Crippen molar-refractivity contribution in [1.29, 1.82) is 5.26 Å². The minimum atomic E-state index is -1.11. The van der Waals surface area contributed by atoms with Crippen LogP contribution in [0.2, 0.25) is 0 Å². The molecule has 2 saturated heterocycles. The van der Waals surface area contributed by atoms with Crippen LogP contribution in [-0.2, 0) is 27.8 Å². The molecule has 4 heterocycles. The van der Waals surface area contributed by atoms with Gasteiger partial charge < -0.3 is 19.7 Å². The molecule has 0 radical (unpaired) electrons. The fraction of sp³-hybridized carbons (Fsp3) is 0.520. The first-order valence-corrected chi connectivity index (χ1v) is 13.2. The lowest BCUT2D eigenvalue weighted by molar-refractivity contribution is -0.132. The molecule has 34 heavy (non-hydrogen) atoms. The minimum absolute atomic E-state index is 0.0706. The first-order chi connectivity index (χ1) is 16.4. The highest BCUT2D eigenvalue weighted by Gasteiger charge is 2.39. The number of amides is 1. The Kier molecular flexibility index (Phi) is 6.13. The molecule has 8 nitrogen and oxygen atoms in total. The molecule has 0 saturated carbocycles. The second kappa shape index (κ2) is 9.08. The van der Waals surface area contributed by atoms with Gasteiger partial charge in [0, 0.05) is 45.6 Å². The first-order valence-electron chi connectivity index (χ1n) is 11.9. The van der Waals surface area contributed by atoms with Gasteiger partial charge in [-0.25, -0.2) is 4.98 Å². The fourth-order valence-electron chi connectivity index (χ4n) is 5.17. The Hall–Kier alpha value is -2.83. The summed E-state index contributed by atoms with van der Waals surface area (Å²) < 4.78 is 12.7. The molecular weight excluding hydrogens is 448 g/mol. The van der Waals surface area contributed by atoms with Gasteiger partial charge in [-0.3, -0.25) is 4.79 Å². The number of benzene rings is 1. The molecule has 0 spiro atoms. The fourth-order valence-corrected chi connectivity index (χ4v) is 6.49. The smallest absolute Gasteiger partial charge is 0.227 e. The molecule has 0 bridgehead atoms. The van der Waals surface area contributed by atoms with Crippen molar-refractivity contribution in [2.24, 2.45) is 0 Å². The van der Waals surface area contributed by atoms with Crippen LogP contribution in [-0.4, -0.2) is 63.8 Å². The summed E-state index contributed by atoms with van der Waals surface area (Å²) in [5.41, 5.74) is 2.61. The number of nitrogens with zero attached hydrogens (tertiary/aromatic N) is 5. The van der Waals surface area contributed by atoms with Crippen LogP contribution in [0, 0.1) is 18.3 Å². The summed E-state index contributed by atoms with van der Waals surface area (Å²) in [6, 6.07) is 10.9. The molecule has 178 valence electrons. The van der Waals surface area contributed by atoms with Crippen molar-refractivity contribution in [3.05, 3.63) is 41.1 Å². The Bertz CT molecular complexity index is 1120. The van der Waals surface area contributed by atoms with E-state index >= 15 is 0 Å². The van der Waals surface area contributed by atoms with Crippen molar-refractivity contribution in [2.45, 2.75) is 55.4 Å². The molecule has 3 aliphatic heterocycles. The van der Waals surface area contributed by atoms with Gasteiger partial charge in [0.05, 0.1) is 11.5 Å². The average Bonchev–Trinajstić information content (AvgIpc) is 3.23. The zero-order valence-corrected chi connectivity index (χ0v) is 20.5. The molecule has 1 unspecified atom stereocenters. The van der Waals surface area contributed by atoms with Gasteiger partial charge in [-0.1, -0.05) is 29.8 Å². The Balaban J connectivity index is 1.37. The van der Waals surface area contributed by atoms with Crippen molar-refractivity contribution in [2.75, 3.05) is 42.7 Å². The number of aromatic nitrogens is 2. The van der Waals surface area contributed by atoms with Gasteiger partial charge in [0.15, 0.2) is 5.82 Å². The van der Waals surface area contributed by atoms with Crippen molar-refractivity contribution in [3.63, 3.8) is 0 Å². The molecule has 9 heteroatoms. The average molecular weight is 479 g/mol. The number of hydrogen-bond donors (Lipinski definition) is 1. The molecule has 0 aliphatic carbocycles. The number of rotatable bonds is 4. The second-order valence-electron chi connectivity index (χ2n) is 9.65. The summed E-state index contributed by atoms with van der Waals surface area (Å²) in [5.74, 6) is 1.99. The summed E-state index contributed by atoms with van der Waals surface area (Å²) in [6.45, 7) is 4.02.